The van der Waals surface area contributed by atoms with E-state index in [0.29, 0.717) is 18.2 Å². The number of nitrogens with zero attached hydrogens (tertiary/aromatic N) is 3. The molecule has 0 spiro atoms. The summed E-state index contributed by atoms with van der Waals surface area (Å²) in [7, 11) is 0. The zero-order valence-electron chi connectivity index (χ0n) is 13.6. The number of benzene rings is 1. The van der Waals surface area contributed by atoms with E-state index < -0.39 is 0 Å². The minimum absolute atomic E-state index is 0.117. The zero-order chi connectivity index (χ0) is 16.8. The Kier molecular flexibility index (Phi) is 3.09. The average molecular weight is 331 g/mol. The number of carbonyl (C=O) groups excluding carboxylic acids is 1. The minimum Gasteiger partial charge on any atom is -0.345 e. The van der Waals surface area contributed by atoms with E-state index >= 15 is 0 Å². The lowest BCUT2D eigenvalue weighted by Crippen LogP contribution is -2.24. The molecule has 0 bridgehead atoms. The highest BCUT2D eigenvalue weighted by Crippen LogP contribution is 2.38. The number of nitrogens with one attached hydrogen (secondary N) is 2. The Hall–Kier alpha value is -3.15. The fourth-order valence-corrected chi connectivity index (χ4v) is 3.36. The largest absolute Gasteiger partial charge is 0.345 e. The van der Waals surface area contributed by atoms with Gasteiger partial charge in [0.2, 0.25) is 0 Å². The fraction of sp³-hybridized carbons (Fsp3) is 0.211. The van der Waals surface area contributed by atoms with Crippen molar-refractivity contribution < 1.29 is 4.79 Å². The van der Waals surface area contributed by atoms with Crippen molar-refractivity contribution in [1.29, 1.82) is 0 Å². The summed E-state index contributed by atoms with van der Waals surface area (Å²) >= 11 is 0. The van der Waals surface area contributed by atoms with Gasteiger partial charge in [-0.05, 0) is 37.1 Å². The molecule has 0 atom stereocenters. The highest BCUT2D eigenvalue weighted by molar-refractivity contribution is 6.05. The summed E-state index contributed by atoms with van der Waals surface area (Å²) in [5, 5.41) is 3.84. The minimum atomic E-state index is -0.117. The van der Waals surface area contributed by atoms with E-state index in [1.165, 1.54) is 12.8 Å². The van der Waals surface area contributed by atoms with E-state index in [1.807, 2.05) is 30.3 Å². The molecule has 3 heterocycles. The lowest BCUT2D eigenvalue weighted by Gasteiger charge is -2.08. The lowest BCUT2D eigenvalue weighted by atomic mass is 10.2. The van der Waals surface area contributed by atoms with Crippen LogP contribution in [-0.4, -0.2) is 25.4 Å². The van der Waals surface area contributed by atoms with Crippen molar-refractivity contribution in [2.75, 3.05) is 0 Å². The third-order valence-corrected chi connectivity index (χ3v) is 4.68. The van der Waals surface area contributed by atoms with Crippen molar-refractivity contribution in [1.82, 2.24) is 24.8 Å². The molecule has 2 N–H and O–H groups in total. The maximum atomic E-state index is 12.6. The second kappa shape index (κ2) is 5.44. The summed E-state index contributed by atoms with van der Waals surface area (Å²) in [6, 6.07) is 12.4. The molecule has 124 valence electrons. The van der Waals surface area contributed by atoms with Crippen LogP contribution in [0.4, 0.5) is 0 Å². The molecule has 25 heavy (non-hydrogen) atoms. The lowest BCUT2D eigenvalue weighted by molar-refractivity contribution is 0.0951. The van der Waals surface area contributed by atoms with Crippen LogP contribution in [0, 0.1) is 0 Å². The van der Waals surface area contributed by atoms with Gasteiger partial charge in [0.1, 0.15) is 11.5 Å². The molecule has 0 saturated heterocycles. The highest BCUT2D eigenvalue weighted by Gasteiger charge is 2.28. The van der Waals surface area contributed by atoms with Crippen molar-refractivity contribution in [3.63, 3.8) is 0 Å². The number of aromatic nitrogens is 4. The number of aromatic amines is 1. The number of para-hydroxylation sites is 2. The van der Waals surface area contributed by atoms with Gasteiger partial charge in [-0.3, -0.25) is 4.79 Å². The average Bonchev–Trinajstić information content (AvgIpc) is 3.27. The number of pyridine rings is 1. The van der Waals surface area contributed by atoms with Crippen LogP contribution in [-0.2, 0) is 6.54 Å². The van der Waals surface area contributed by atoms with Crippen LogP contribution in [0.5, 0.6) is 0 Å². The first kappa shape index (κ1) is 14.2. The number of carbonyl (C=O) groups is 1. The molecule has 6 nitrogen and oxygen atoms in total. The maximum absolute atomic E-state index is 12.6. The predicted molar refractivity (Wildman–Crippen MR) is 95.3 cm³/mol. The third-order valence-electron chi connectivity index (χ3n) is 4.68. The Morgan fingerprint density at radius 2 is 2.12 bits per heavy atom. The zero-order valence-corrected chi connectivity index (χ0v) is 13.6. The van der Waals surface area contributed by atoms with Gasteiger partial charge in [-0.25, -0.2) is 9.97 Å². The van der Waals surface area contributed by atoms with E-state index in [4.69, 9.17) is 4.98 Å². The van der Waals surface area contributed by atoms with Crippen LogP contribution in [0.15, 0.2) is 48.8 Å². The molecular weight excluding hydrogens is 314 g/mol. The second-order valence-electron chi connectivity index (χ2n) is 6.40. The molecule has 4 aromatic rings. The molecule has 0 aliphatic heterocycles. The highest BCUT2D eigenvalue weighted by atomic mass is 16.1. The standard InChI is InChI=1S/C19H17N5O/c25-19(14-10-21-18-13(14)4-3-9-20-18)22-11-17-23-15-5-1-2-6-16(15)24(17)12-7-8-12/h1-6,9-10,12H,7-8,11H2,(H,20,21)(H,22,25). The van der Waals surface area contributed by atoms with E-state index in [9.17, 15) is 4.79 Å². The first-order valence-electron chi connectivity index (χ1n) is 8.47. The van der Waals surface area contributed by atoms with Crippen LogP contribution in [0.1, 0.15) is 35.1 Å². The van der Waals surface area contributed by atoms with Gasteiger partial charge in [-0.2, -0.15) is 0 Å². The fourth-order valence-electron chi connectivity index (χ4n) is 3.36. The van der Waals surface area contributed by atoms with E-state index in [0.717, 1.165) is 27.9 Å². The molecule has 1 fully saturated rings. The molecule has 6 heteroatoms. The number of amides is 1. The second-order valence-corrected chi connectivity index (χ2v) is 6.40. The topological polar surface area (TPSA) is 75.6 Å². The number of fused-ring (bicyclic) bond motifs is 2. The number of hydrogen-bond donors (Lipinski definition) is 2. The Labute approximate surface area is 143 Å². The van der Waals surface area contributed by atoms with Crippen molar-refractivity contribution in [2.45, 2.75) is 25.4 Å². The predicted octanol–water partition coefficient (Wildman–Crippen LogP) is 3.18. The summed E-state index contributed by atoms with van der Waals surface area (Å²) in [6.45, 7) is 0.414. The molecule has 1 amide bonds. The van der Waals surface area contributed by atoms with Crippen molar-refractivity contribution >= 4 is 28.0 Å². The number of imidazole rings is 1. The summed E-state index contributed by atoms with van der Waals surface area (Å²) in [4.78, 5) is 24.6. The molecule has 3 aromatic heterocycles. The number of hydrogen-bond acceptors (Lipinski definition) is 3. The van der Waals surface area contributed by atoms with Gasteiger partial charge in [0.25, 0.3) is 5.91 Å². The van der Waals surface area contributed by atoms with Gasteiger partial charge in [0.05, 0.1) is 23.1 Å². The van der Waals surface area contributed by atoms with Crippen LogP contribution in [0.2, 0.25) is 0 Å². The van der Waals surface area contributed by atoms with Crippen LogP contribution >= 0.6 is 0 Å². The number of rotatable bonds is 4. The Morgan fingerprint density at radius 1 is 1.24 bits per heavy atom. The van der Waals surface area contributed by atoms with Crippen LogP contribution in [0.3, 0.4) is 0 Å². The van der Waals surface area contributed by atoms with Crippen molar-refractivity contribution in [2.24, 2.45) is 0 Å². The maximum Gasteiger partial charge on any atom is 0.253 e. The van der Waals surface area contributed by atoms with Gasteiger partial charge in [0.15, 0.2) is 0 Å². The molecule has 1 saturated carbocycles. The SMILES string of the molecule is O=C(NCc1nc2ccccc2n1C1CC1)c1c[nH]c2ncccc12. The Morgan fingerprint density at radius 3 is 3.00 bits per heavy atom. The van der Waals surface area contributed by atoms with E-state index in [1.54, 1.807) is 12.4 Å². The Balaban J connectivity index is 1.44. The normalized spacial score (nSPS) is 14.2. The van der Waals surface area contributed by atoms with Crippen molar-refractivity contribution in [3.8, 4) is 0 Å². The van der Waals surface area contributed by atoms with Crippen molar-refractivity contribution in [3.05, 3.63) is 60.2 Å². The molecule has 1 aliphatic rings. The molecular formula is C19H17N5O. The smallest absolute Gasteiger partial charge is 0.253 e. The third kappa shape index (κ3) is 2.38. The van der Waals surface area contributed by atoms with Gasteiger partial charge in [-0.1, -0.05) is 12.1 Å². The Bertz CT molecular complexity index is 1090. The summed E-state index contributed by atoms with van der Waals surface area (Å²) in [5.41, 5.74) is 3.45. The van der Waals surface area contributed by atoms with E-state index in [-0.39, 0.29) is 5.91 Å². The van der Waals surface area contributed by atoms with Crippen LogP contribution in [0.25, 0.3) is 22.1 Å². The van der Waals surface area contributed by atoms with E-state index in [2.05, 4.69) is 25.9 Å². The molecule has 0 radical (unpaired) electrons. The monoisotopic (exact) mass is 331 g/mol. The first-order valence-corrected chi connectivity index (χ1v) is 8.47. The molecule has 5 rings (SSSR count). The van der Waals surface area contributed by atoms with Gasteiger partial charge in [0, 0.05) is 23.8 Å². The quantitative estimate of drug-likeness (QED) is 0.603. The van der Waals surface area contributed by atoms with Gasteiger partial charge >= 0.3 is 0 Å². The number of H-pyrrole nitrogens is 1. The molecule has 0 unspecified atom stereocenters. The van der Waals surface area contributed by atoms with Gasteiger partial charge in [-0.15, -0.1) is 0 Å². The van der Waals surface area contributed by atoms with Crippen LogP contribution < -0.4 is 5.32 Å². The summed E-state index contributed by atoms with van der Waals surface area (Å²) in [5.74, 6) is 0.795. The molecule has 1 aromatic carbocycles. The molecule has 1 aliphatic carbocycles. The van der Waals surface area contributed by atoms with Gasteiger partial charge < -0.3 is 14.9 Å². The summed E-state index contributed by atoms with van der Waals surface area (Å²) < 4.78 is 2.27. The summed E-state index contributed by atoms with van der Waals surface area (Å²) in [6.07, 6.45) is 5.76. The first-order chi connectivity index (χ1) is 12.3.